The summed E-state index contributed by atoms with van der Waals surface area (Å²) in [5, 5.41) is 8.99. The van der Waals surface area contributed by atoms with E-state index in [0.29, 0.717) is 5.56 Å². The molecule has 0 bridgehead atoms. The Balaban J connectivity index is 1.80. The van der Waals surface area contributed by atoms with Crippen LogP contribution in [0.25, 0.3) is 0 Å². The number of hydrogen-bond acceptors (Lipinski definition) is 3. The van der Waals surface area contributed by atoms with E-state index >= 15 is 0 Å². The van der Waals surface area contributed by atoms with E-state index in [4.69, 9.17) is 10.00 Å². The molecule has 2 aromatic rings. The molecule has 0 fully saturated rings. The summed E-state index contributed by atoms with van der Waals surface area (Å²) < 4.78 is 8.43. The molecule has 2 aliphatic rings. The van der Waals surface area contributed by atoms with Gasteiger partial charge in [0.25, 0.3) is 0 Å². The van der Waals surface area contributed by atoms with Crippen LogP contribution in [-0.4, -0.2) is 9.55 Å². The van der Waals surface area contributed by atoms with Gasteiger partial charge in [0.1, 0.15) is 5.75 Å². The molecule has 0 saturated heterocycles. The Bertz CT molecular complexity index is 698. The highest BCUT2D eigenvalue weighted by Crippen LogP contribution is 2.46. The van der Waals surface area contributed by atoms with Gasteiger partial charge in [-0.05, 0) is 36.6 Å². The summed E-state index contributed by atoms with van der Waals surface area (Å²) in [6.07, 6.45) is 6.74. The molecule has 94 valence electrons. The molecule has 0 aliphatic carbocycles. The Morgan fingerprint density at radius 2 is 2.37 bits per heavy atom. The van der Waals surface area contributed by atoms with Gasteiger partial charge in [0.2, 0.25) is 0 Å². The Hall–Kier alpha value is -2.28. The number of aromatic nitrogens is 2. The van der Waals surface area contributed by atoms with Crippen LogP contribution in [0.2, 0.25) is 0 Å². The van der Waals surface area contributed by atoms with E-state index in [1.165, 1.54) is 0 Å². The van der Waals surface area contributed by atoms with Crippen LogP contribution in [0.15, 0.2) is 30.7 Å². The standard InChI is InChI=1S/C15H13N3O/c16-8-11-2-3-13-12(6-11)7-15(19-13)4-1-5-18-10-17-9-14(15)18/h2-3,6,9-10H,1,4-5,7H2. The summed E-state index contributed by atoms with van der Waals surface area (Å²) in [5.41, 5.74) is 2.72. The third-order valence-corrected chi connectivity index (χ3v) is 4.13. The van der Waals surface area contributed by atoms with E-state index in [1.54, 1.807) is 0 Å². The number of ether oxygens (including phenoxy) is 1. The topological polar surface area (TPSA) is 50.8 Å². The molecule has 1 unspecified atom stereocenters. The van der Waals surface area contributed by atoms with E-state index < -0.39 is 0 Å². The van der Waals surface area contributed by atoms with E-state index in [9.17, 15) is 0 Å². The van der Waals surface area contributed by atoms with Gasteiger partial charge in [-0.1, -0.05) is 0 Å². The van der Waals surface area contributed by atoms with Gasteiger partial charge >= 0.3 is 0 Å². The van der Waals surface area contributed by atoms with E-state index in [0.717, 1.165) is 42.8 Å². The maximum Gasteiger partial charge on any atom is 0.154 e. The van der Waals surface area contributed by atoms with Crippen LogP contribution in [0.3, 0.4) is 0 Å². The van der Waals surface area contributed by atoms with Crippen LogP contribution in [0.5, 0.6) is 5.75 Å². The summed E-state index contributed by atoms with van der Waals surface area (Å²) in [5.74, 6) is 0.911. The first-order valence-electron chi connectivity index (χ1n) is 6.53. The summed E-state index contributed by atoms with van der Waals surface area (Å²) in [6.45, 7) is 1.01. The van der Waals surface area contributed by atoms with Crippen LogP contribution in [0.1, 0.15) is 29.7 Å². The second-order valence-corrected chi connectivity index (χ2v) is 5.28. The zero-order valence-corrected chi connectivity index (χ0v) is 10.5. The minimum absolute atomic E-state index is 0.273. The number of nitrogens with zero attached hydrogens (tertiary/aromatic N) is 3. The Morgan fingerprint density at radius 3 is 3.26 bits per heavy atom. The molecule has 0 saturated carbocycles. The summed E-state index contributed by atoms with van der Waals surface area (Å²) in [6, 6.07) is 7.86. The monoisotopic (exact) mass is 251 g/mol. The third kappa shape index (κ3) is 1.42. The number of rotatable bonds is 0. The van der Waals surface area contributed by atoms with Crippen molar-refractivity contribution in [1.82, 2.24) is 9.55 Å². The number of nitriles is 1. The van der Waals surface area contributed by atoms with E-state index in [1.807, 2.05) is 30.7 Å². The largest absolute Gasteiger partial charge is 0.480 e. The Kier molecular flexibility index (Phi) is 2.02. The van der Waals surface area contributed by atoms with Crippen LogP contribution >= 0.6 is 0 Å². The van der Waals surface area contributed by atoms with Crippen molar-refractivity contribution in [3.05, 3.63) is 47.5 Å². The van der Waals surface area contributed by atoms with Gasteiger partial charge in [-0.15, -0.1) is 0 Å². The minimum Gasteiger partial charge on any atom is -0.480 e. The van der Waals surface area contributed by atoms with Crippen molar-refractivity contribution in [2.75, 3.05) is 0 Å². The van der Waals surface area contributed by atoms with Crippen molar-refractivity contribution in [3.8, 4) is 11.8 Å². The lowest BCUT2D eigenvalue weighted by Gasteiger charge is -2.33. The van der Waals surface area contributed by atoms with E-state index in [2.05, 4.69) is 15.6 Å². The fraction of sp³-hybridized carbons (Fsp3) is 0.333. The second-order valence-electron chi connectivity index (χ2n) is 5.28. The van der Waals surface area contributed by atoms with Gasteiger partial charge in [-0.3, -0.25) is 0 Å². The first-order chi connectivity index (χ1) is 9.31. The van der Waals surface area contributed by atoms with Crippen molar-refractivity contribution in [2.45, 2.75) is 31.4 Å². The van der Waals surface area contributed by atoms with Crippen LogP contribution in [-0.2, 0) is 18.6 Å². The summed E-state index contributed by atoms with van der Waals surface area (Å²) >= 11 is 0. The molecule has 4 nitrogen and oxygen atoms in total. The molecule has 1 aromatic carbocycles. The fourth-order valence-electron chi connectivity index (χ4n) is 3.26. The maximum atomic E-state index is 8.99. The Morgan fingerprint density at radius 1 is 1.42 bits per heavy atom. The summed E-state index contributed by atoms with van der Waals surface area (Å²) in [7, 11) is 0. The molecular weight excluding hydrogens is 238 g/mol. The highest BCUT2D eigenvalue weighted by molar-refractivity contribution is 5.47. The maximum absolute atomic E-state index is 8.99. The fourth-order valence-corrected chi connectivity index (χ4v) is 3.26. The van der Waals surface area contributed by atoms with Gasteiger partial charge in [0, 0.05) is 13.0 Å². The summed E-state index contributed by atoms with van der Waals surface area (Å²) in [4.78, 5) is 4.25. The molecule has 0 N–H and O–H groups in total. The van der Waals surface area contributed by atoms with Gasteiger partial charge in [-0.25, -0.2) is 4.98 Å². The average molecular weight is 251 g/mol. The zero-order valence-electron chi connectivity index (χ0n) is 10.5. The van der Waals surface area contributed by atoms with Gasteiger partial charge in [0.15, 0.2) is 5.60 Å². The normalized spacial score (nSPS) is 23.5. The first-order valence-corrected chi connectivity index (χ1v) is 6.53. The lowest BCUT2D eigenvalue weighted by Crippen LogP contribution is -2.37. The second kappa shape index (κ2) is 3.61. The molecule has 3 heterocycles. The molecule has 1 aromatic heterocycles. The Labute approximate surface area is 111 Å². The van der Waals surface area contributed by atoms with E-state index in [-0.39, 0.29) is 5.60 Å². The molecule has 19 heavy (non-hydrogen) atoms. The molecule has 2 aliphatic heterocycles. The molecular formula is C15H13N3O. The number of imidazole rings is 1. The quantitative estimate of drug-likeness (QED) is 0.722. The number of fused-ring (bicyclic) bond motifs is 3. The highest BCUT2D eigenvalue weighted by Gasteiger charge is 2.44. The van der Waals surface area contributed by atoms with Crippen LogP contribution < -0.4 is 4.74 Å². The van der Waals surface area contributed by atoms with Crippen molar-refractivity contribution in [3.63, 3.8) is 0 Å². The van der Waals surface area contributed by atoms with Crippen LogP contribution in [0.4, 0.5) is 0 Å². The van der Waals surface area contributed by atoms with Crippen LogP contribution in [0, 0.1) is 11.3 Å². The lowest BCUT2D eigenvalue weighted by molar-refractivity contribution is 0.0567. The molecule has 0 amide bonds. The number of benzene rings is 1. The SMILES string of the molecule is N#Cc1ccc2c(c1)CC1(CCCn3cncc31)O2. The van der Waals surface area contributed by atoms with Crippen molar-refractivity contribution in [2.24, 2.45) is 0 Å². The van der Waals surface area contributed by atoms with Gasteiger partial charge in [-0.2, -0.15) is 5.26 Å². The molecule has 4 heteroatoms. The van der Waals surface area contributed by atoms with Crippen molar-refractivity contribution >= 4 is 0 Å². The molecule has 0 radical (unpaired) electrons. The third-order valence-electron chi connectivity index (χ3n) is 4.13. The van der Waals surface area contributed by atoms with Gasteiger partial charge in [0.05, 0.1) is 29.9 Å². The zero-order chi connectivity index (χ0) is 12.9. The predicted octanol–water partition coefficient (Wildman–Crippen LogP) is 2.38. The average Bonchev–Trinajstić information content (AvgIpc) is 3.03. The number of aryl methyl sites for hydroxylation is 1. The predicted molar refractivity (Wildman–Crippen MR) is 68.6 cm³/mol. The highest BCUT2D eigenvalue weighted by atomic mass is 16.5. The minimum atomic E-state index is -0.273. The first kappa shape index (κ1) is 10.6. The van der Waals surface area contributed by atoms with Gasteiger partial charge < -0.3 is 9.30 Å². The molecule has 1 atom stereocenters. The van der Waals surface area contributed by atoms with Crippen molar-refractivity contribution in [1.29, 1.82) is 5.26 Å². The molecule has 1 spiro atoms. The smallest absolute Gasteiger partial charge is 0.154 e. The lowest BCUT2D eigenvalue weighted by atomic mass is 9.86. The number of hydrogen-bond donors (Lipinski definition) is 0. The molecule has 4 rings (SSSR count). The van der Waals surface area contributed by atoms with Crippen molar-refractivity contribution < 1.29 is 4.74 Å².